The van der Waals surface area contributed by atoms with Crippen LogP contribution in [0.3, 0.4) is 0 Å². The van der Waals surface area contributed by atoms with Gasteiger partial charge in [0.15, 0.2) is 0 Å². The van der Waals surface area contributed by atoms with E-state index in [-0.39, 0.29) is 29.7 Å². The van der Waals surface area contributed by atoms with Crippen molar-refractivity contribution in [2.45, 2.75) is 44.4 Å². The molecule has 1 saturated heterocycles. The number of carbonyl (C=O) groups excluding carboxylic acids is 2. The molecule has 1 aliphatic heterocycles. The van der Waals surface area contributed by atoms with Crippen molar-refractivity contribution in [1.29, 1.82) is 0 Å². The lowest BCUT2D eigenvalue weighted by molar-refractivity contribution is -0.145. The zero-order valence-electron chi connectivity index (χ0n) is 12.9. The second-order valence-electron chi connectivity index (χ2n) is 5.33. The first-order valence-corrected chi connectivity index (χ1v) is 8.46. The number of nitrogens with zero attached hydrogens (tertiary/aromatic N) is 2. The van der Waals surface area contributed by atoms with E-state index in [4.69, 9.17) is 5.11 Å². The Labute approximate surface area is 129 Å². The van der Waals surface area contributed by atoms with Gasteiger partial charge in [-0.1, -0.05) is 0 Å². The van der Waals surface area contributed by atoms with E-state index in [1.54, 1.807) is 0 Å². The highest BCUT2D eigenvalue weighted by molar-refractivity contribution is 7.99. The van der Waals surface area contributed by atoms with Crippen LogP contribution in [-0.4, -0.2) is 69.9 Å². The maximum Gasteiger partial charge on any atom is 0.323 e. The van der Waals surface area contributed by atoms with Gasteiger partial charge in [-0.05, 0) is 32.4 Å². The summed E-state index contributed by atoms with van der Waals surface area (Å²) in [5, 5.41) is 8.85. The number of hydrogen-bond acceptors (Lipinski definition) is 4. The van der Waals surface area contributed by atoms with Gasteiger partial charge in [-0.15, -0.1) is 0 Å². The van der Waals surface area contributed by atoms with Gasteiger partial charge in [-0.3, -0.25) is 14.4 Å². The van der Waals surface area contributed by atoms with E-state index in [1.807, 2.05) is 18.1 Å². The Kier molecular flexibility index (Phi) is 7.01. The SMILES string of the molecule is CSC(C)C(=O)N1CCCC(N(CC(=O)O)C(C)=O)CC1. The zero-order valence-corrected chi connectivity index (χ0v) is 13.7. The molecule has 0 aromatic carbocycles. The molecule has 0 aromatic heterocycles. The van der Waals surface area contributed by atoms with Gasteiger partial charge < -0.3 is 14.9 Å². The van der Waals surface area contributed by atoms with Crippen molar-refractivity contribution in [3.63, 3.8) is 0 Å². The van der Waals surface area contributed by atoms with Crippen molar-refractivity contribution in [2.75, 3.05) is 25.9 Å². The molecule has 1 N–H and O–H groups in total. The Hall–Kier alpha value is -1.24. The number of thioether (sulfide) groups is 1. The highest BCUT2D eigenvalue weighted by atomic mass is 32.2. The first kappa shape index (κ1) is 17.8. The zero-order chi connectivity index (χ0) is 16.0. The minimum atomic E-state index is -1.00. The summed E-state index contributed by atoms with van der Waals surface area (Å²) in [7, 11) is 0. The number of carboxylic acids is 1. The van der Waals surface area contributed by atoms with Crippen LogP contribution in [0.2, 0.25) is 0 Å². The second kappa shape index (κ2) is 8.26. The number of carboxylic acid groups (broad SMARTS) is 1. The largest absolute Gasteiger partial charge is 0.480 e. The smallest absolute Gasteiger partial charge is 0.323 e. The number of hydrogen-bond donors (Lipinski definition) is 1. The fraction of sp³-hybridized carbons (Fsp3) is 0.786. The molecule has 2 atom stereocenters. The maximum atomic E-state index is 12.2. The summed E-state index contributed by atoms with van der Waals surface area (Å²) in [6, 6.07) is -0.0963. The lowest BCUT2D eigenvalue weighted by Crippen LogP contribution is -2.43. The predicted molar refractivity (Wildman–Crippen MR) is 82.2 cm³/mol. The van der Waals surface area contributed by atoms with Crippen LogP contribution in [0, 0.1) is 0 Å². The fourth-order valence-electron chi connectivity index (χ4n) is 2.61. The highest BCUT2D eigenvalue weighted by Gasteiger charge is 2.28. The molecule has 0 bridgehead atoms. The summed E-state index contributed by atoms with van der Waals surface area (Å²) in [5.41, 5.74) is 0. The van der Waals surface area contributed by atoms with E-state index in [1.165, 1.54) is 23.6 Å². The summed E-state index contributed by atoms with van der Waals surface area (Å²) >= 11 is 1.52. The molecule has 0 aliphatic carbocycles. The van der Waals surface area contributed by atoms with Gasteiger partial charge >= 0.3 is 5.97 Å². The van der Waals surface area contributed by atoms with Crippen molar-refractivity contribution < 1.29 is 19.5 Å². The van der Waals surface area contributed by atoms with E-state index in [9.17, 15) is 14.4 Å². The third-order valence-corrected chi connectivity index (χ3v) is 4.77. The number of rotatable bonds is 5. The normalized spacial score (nSPS) is 20.5. The molecule has 0 radical (unpaired) electrons. The molecule has 0 aromatic rings. The average molecular weight is 316 g/mol. The van der Waals surface area contributed by atoms with Gasteiger partial charge in [0.25, 0.3) is 0 Å². The second-order valence-corrected chi connectivity index (χ2v) is 6.51. The first-order chi connectivity index (χ1) is 9.86. The molecule has 21 heavy (non-hydrogen) atoms. The summed E-state index contributed by atoms with van der Waals surface area (Å²) in [6.07, 6.45) is 4.08. The Balaban J connectivity index is 2.68. The highest BCUT2D eigenvalue weighted by Crippen LogP contribution is 2.19. The molecule has 0 spiro atoms. The van der Waals surface area contributed by atoms with Crippen LogP contribution in [0.25, 0.3) is 0 Å². The summed E-state index contributed by atoms with van der Waals surface area (Å²) in [4.78, 5) is 38.0. The Morgan fingerprint density at radius 1 is 1.33 bits per heavy atom. The third-order valence-electron chi connectivity index (χ3n) is 3.86. The molecule has 120 valence electrons. The molecule has 1 heterocycles. The van der Waals surface area contributed by atoms with Crippen LogP contribution in [0.15, 0.2) is 0 Å². The predicted octanol–water partition coefficient (Wildman–Crippen LogP) is 1.05. The lowest BCUT2D eigenvalue weighted by atomic mass is 10.1. The van der Waals surface area contributed by atoms with Crippen LogP contribution < -0.4 is 0 Å². The molecule has 1 fully saturated rings. The van der Waals surface area contributed by atoms with Crippen molar-refractivity contribution in [3.8, 4) is 0 Å². The topological polar surface area (TPSA) is 77.9 Å². The van der Waals surface area contributed by atoms with Crippen LogP contribution in [0.1, 0.15) is 33.1 Å². The van der Waals surface area contributed by atoms with E-state index >= 15 is 0 Å². The maximum absolute atomic E-state index is 12.2. The molecule has 6 nitrogen and oxygen atoms in total. The summed E-state index contributed by atoms with van der Waals surface area (Å²) in [5.74, 6) is -1.10. The lowest BCUT2D eigenvalue weighted by Gasteiger charge is -2.29. The quantitative estimate of drug-likeness (QED) is 0.820. The van der Waals surface area contributed by atoms with Gasteiger partial charge in [0.2, 0.25) is 11.8 Å². The van der Waals surface area contributed by atoms with E-state index in [2.05, 4.69) is 0 Å². The van der Waals surface area contributed by atoms with E-state index < -0.39 is 5.97 Å². The van der Waals surface area contributed by atoms with Crippen LogP contribution in [0.4, 0.5) is 0 Å². The van der Waals surface area contributed by atoms with E-state index in [0.717, 1.165) is 12.8 Å². The molecular formula is C14H24N2O4S. The monoisotopic (exact) mass is 316 g/mol. The molecule has 7 heteroatoms. The number of amides is 2. The van der Waals surface area contributed by atoms with Crippen LogP contribution >= 0.6 is 11.8 Å². The molecule has 1 aliphatic rings. The van der Waals surface area contributed by atoms with Gasteiger partial charge in [0, 0.05) is 26.1 Å². The van der Waals surface area contributed by atoms with Crippen LogP contribution in [0.5, 0.6) is 0 Å². The number of carbonyl (C=O) groups is 3. The Bertz CT molecular complexity index is 402. The van der Waals surface area contributed by atoms with Crippen molar-refractivity contribution >= 4 is 29.5 Å². The Morgan fingerprint density at radius 2 is 2.00 bits per heavy atom. The molecule has 2 unspecified atom stereocenters. The first-order valence-electron chi connectivity index (χ1n) is 7.17. The standard InChI is InChI=1S/C14H24N2O4S/c1-10(21-3)14(20)15-7-4-5-12(6-8-15)16(11(2)17)9-13(18)19/h10,12H,4-9H2,1-3H3,(H,18,19). The summed E-state index contributed by atoms with van der Waals surface area (Å²) in [6.45, 7) is 4.28. The number of likely N-dealkylation sites (tertiary alicyclic amines) is 1. The molecular weight excluding hydrogens is 292 g/mol. The fourth-order valence-corrected chi connectivity index (χ4v) is 2.96. The Morgan fingerprint density at radius 3 is 2.52 bits per heavy atom. The van der Waals surface area contributed by atoms with Gasteiger partial charge in [0.1, 0.15) is 6.54 Å². The van der Waals surface area contributed by atoms with Crippen LogP contribution in [-0.2, 0) is 14.4 Å². The van der Waals surface area contributed by atoms with Gasteiger partial charge in [0.05, 0.1) is 5.25 Å². The minimum absolute atomic E-state index is 0.0653. The van der Waals surface area contributed by atoms with Crippen molar-refractivity contribution in [1.82, 2.24) is 9.80 Å². The molecule has 2 amide bonds. The third kappa shape index (κ3) is 5.22. The van der Waals surface area contributed by atoms with E-state index in [0.29, 0.717) is 19.5 Å². The van der Waals surface area contributed by atoms with Gasteiger partial charge in [-0.2, -0.15) is 11.8 Å². The average Bonchev–Trinajstić information content (AvgIpc) is 2.68. The summed E-state index contributed by atoms with van der Waals surface area (Å²) < 4.78 is 0. The number of aliphatic carboxylic acids is 1. The van der Waals surface area contributed by atoms with Crippen molar-refractivity contribution in [3.05, 3.63) is 0 Å². The van der Waals surface area contributed by atoms with Gasteiger partial charge in [-0.25, -0.2) is 0 Å². The molecule has 0 saturated carbocycles. The molecule has 1 rings (SSSR count). The minimum Gasteiger partial charge on any atom is -0.480 e. The van der Waals surface area contributed by atoms with Crippen molar-refractivity contribution in [2.24, 2.45) is 0 Å².